The normalized spacial score (nSPS) is 15.1. The van der Waals surface area contributed by atoms with Crippen LogP contribution < -0.4 is 10.6 Å². The van der Waals surface area contributed by atoms with E-state index >= 15 is 0 Å². The highest BCUT2D eigenvalue weighted by Gasteiger charge is 2.15. The Morgan fingerprint density at radius 1 is 1.09 bits per heavy atom. The van der Waals surface area contributed by atoms with Gasteiger partial charge in [0.25, 0.3) is 0 Å². The summed E-state index contributed by atoms with van der Waals surface area (Å²) in [5.41, 5.74) is 1.02. The lowest BCUT2D eigenvalue weighted by molar-refractivity contribution is -0.115. The Hall–Kier alpha value is -2.20. The van der Waals surface area contributed by atoms with E-state index in [2.05, 4.69) is 28.8 Å². The molecule has 0 radical (unpaired) electrons. The molecule has 0 spiro atoms. The molecular formula is C19H20N2OS. The van der Waals surface area contributed by atoms with Gasteiger partial charge in [0.2, 0.25) is 5.91 Å². The monoisotopic (exact) mass is 324 g/mol. The summed E-state index contributed by atoms with van der Waals surface area (Å²) in [6, 6.07) is 14.6. The second-order valence-electron chi connectivity index (χ2n) is 5.85. The molecule has 118 valence electrons. The van der Waals surface area contributed by atoms with Crippen LogP contribution in [0.4, 0.5) is 0 Å². The van der Waals surface area contributed by atoms with Crippen molar-refractivity contribution < 1.29 is 4.79 Å². The van der Waals surface area contributed by atoms with E-state index in [9.17, 15) is 4.79 Å². The van der Waals surface area contributed by atoms with Gasteiger partial charge in [0.15, 0.2) is 5.11 Å². The molecular weight excluding hydrogens is 304 g/mol. The van der Waals surface area contributed by atoms with Gasteiger partial charge in [-0.05, 0) is 47.5 Å². The first-order valence-electron chi connectivity index (χ1n) is 8.00. The largest absolute Gasteiger partial charge is 0.360 e. The lowest BCUT2D eigenvalue weighted by atomic mass is 10.0. The zero-order valence-electron chi connectivity index (χ0n) is 12.9. The summed E-state index contributed by atoms with van der Waals surface area (Å²) in [6.45, 7) is 0. The van der Waals surface area contributed by atoms with Gasteiger partial charge in [-0.1, -0.05) is 55.3 Å². The van der Waals surface area contributed by atoms with Gasteiger partial charge in [-0.15, -0.1) is 0 Å². The number of hydrogen-bond acceptors (Lipinski definition) is 2. The average Bonchev–Trinajstić information content (AvgIpc) is 3.05. The minimum absolute atomic E-state index is 0.201. The van der Waals surface area contributed by atoms with Crippen LogP contribution in [0.1, 0.15) is 31.2 Å². The van der Waals surface area contributed by atoms with Gasteiger partial charge < -0.3 is 5.32 Å². The predicted molar refractivity (Wildman–Crippen MR) is 99.1 cm³/mol. The molecule has 2 aromatic rings. The maximum atomic E-state index is 12.0. The van der Waals surface area contributed by atoms with E-state index in [-0.39, 0.29) is 5.91 Å². The van der Waals surface area contributed by atoms with Crippen molar-refractivity contribution in [2.24, 2.45) is 0 Å². The number of carbonyl (C=O) groups excluding carboxylic acids is 1. The molecule has 0 aliphatic heterocycles. The van der Waals surface area contributed by atoms with Crippen LogP contribution in [0.5, 0.6) is 0 Å². The van der Waals surface area contributed by atoms with Crippen molar-refractivity contribution in [2.45, 2.75) is 31.7 Å². The van der Waals surface area contributed by atoms with Gasteiger partial charge in [-0.2, -0.15) is 0 Å². The fourth-order valence-corrected chi connectivity index (χ4v) is 3.27. The number of amides is 1. The molecule has 23 heavy (non-hydrogen) atoms. The van der Waals surface area contributed by atoms with E-state index < -0.39 is 0 Å². The standard InChI is InChI=1S/C19H20N2OS/c22-18(21-19(23)20-16-9-2-3-10-16)13-12-15-8-5-7-14-6-1-4-11-17(14)15/h1,4-8,11-13,16H,2-3,9-10H2,(H2,20,21,22,23)/b13-12+. The summed E-state index contributed by atoms with van der Waals surface area (Å²) in [6.07, 6.45) is 8.08. The summed E-state index contributed by atoms with van der Waals surface area (Å²) >= 11 is 5.20. The first-order valence-corrected chi connectivity index (χ1v) is 8.40. The molecule has 1 saturated carbocycles. The molecule has 0 aromatic heterocycles. The number of benzene rings is 2. The molecule has 3 nitrogen and oxygen atoms in total. The zero-order chi connectivity index (χ0) is 16.1. The molecule has 1 fully saturated rings. The predicted octanol–water partition coefficient (Wildman–Crippen LogP) is 3.79. The second-order valence-corrected chi connectivity index (χ2v) is 6.25. The average molecular weight is 324 g/mol. The van der Waals surface area contributed by atoms with Crippen LogP contribution in [0.25, 0.3) is 16.8 Å². The smallest absolute Gasteiger partial charge is 0.250 e. The lowest BCUT2D eigenvalue weighted by Gasteiger charge is -2.13. The molecule has 1 amide bonds. The Kier molecular flexibility index (Phi) is 5.03. The fourth-order valence-electron chi connectivity index (χ4n) is 3.01. The Balaban J connectivity index is 1.62. The van der Waals surface area contributed by atoms with Crippen molar-refractivity contribution in [1.29, 1.82) is 0 Å². The highest BCUT2D eigenvalue weighted by molar-refractivity contribution is 7.80. The van der Waals surface area contributed by atoms with Gasteiger partial charge in [0.1, 0.15) is 0 Å². The lowest BCUT2D eigenvalue weighted by Crippen LogP contribution is -2.42. The molecule has 0 unspecified atom stereocenters. The quantitative estimate of drug-likeness (QED) is 0.667. The Bertz CT molecular complexity index is 743. The van der Waals surface area contributed by atoms with Crippen LogP contribution in [0.2, 0.25) is 0 Å². The molecule has 1 aliphatic carbocycles. The number of thiocarbonyl (C=S) groups is 1. The Morgan fingerprint density at radius 3 is 2.65 bits per heavy atom. The summed E-state index contributed by atoms with van der Waals surface area (Å²) in [5, 5.41) is 8.63. The molecule has 0 bridgehead atoms. The Morgan fingerprint density at radius 2 is 1.83 bits per heavy atom. The van der Waals surface area contributed by atoms with Gasteiger partial charge in [-0.3, -0.25) is 10.1 Å². The fraction of sp³-hybridized carbons (Fsp3) is 0.263. The first kappa shape index (κ1) is 15.7. The van der Waals surface area contributed by atoms with Crippen molar-refractivity contribution in [3.8, 4) is 0 Å². The number of rotatable bonds is 3. The number of nitrogens with one attached hydrogen (secondary N) is 2. The highest BCUT2D eigenvalue weighted by atomic mass is 32.1. The van der Waals surface area contributed by atoms with E-state index in [1.54, 1.807) is 0 Å². The molecule has 4 heteroatoms. The third kappa shape index (κ3) is 4.17. The summed E-state index contributed by atoms with van der Waals surface area (Å²) in [7, 11) is 0. The van der Waals surface area contributed by atoms with Crippen LogP contribution in [-0.4, -0.2) is 17.1 Å². The van der Waals surface area contributed by atoms with Gasteiger partial charge >= 0.3 is 0 Å². The van der Waals surface area contributed by atoms with Crippen molar-refractivity contribution in [3.05, 3.63) is 54.1 Å². The Labute approximate surface area is 141 Å². The molecule has 0 heterocycles. The van der Waals surface area contributed by atoms with Gasteiger partial charge in [0.05, 0.1) is 0 Å². The first-order chi connectivity index (χ1) is 11.2. The second kappa shape index (κ2) is 7.38. The maximum absolute atomic E-state index is 12.0. The van der Waals surface area contributed by atoms with Crippen LogP contribution >= 0.6 is 12.2 Å². The number of carbonyl (C=O) groups is 1. The molecule has 1 aliphatic rings. The minimum Gasteiger partial charge on any atom is -0.360 e. The van der Waals surface area contributed by atoms with Crippen LogP contribution in [0, 0.1) is 0 Å². The zero-order valence-corrected chi connectivity index (χ0v) is 13.7. The van der Waals surface area contributed by atoms with E-state index in [0.717, 1.165) is 29.2 Å². The van der Waals surface area contributed by atoms with E-state index in [1.165, 1.54) is 18.9 Å². The molecule has 0 atom stereocenters. The minimum atomic E-state index is -0.201. The molecule has 0 saturated heterocycles. The summed E-state index contributed by atoms with van der Waals surface area (Å²) in [4.78, 5) is 12.0. The van der Waals surface area contributed by atoms with Crippen molar-refractivity contribution in [3.63, 3.8) is 0 Å². The maximum Gasteiger partial charge on any atom is 0.250 e. The van der Waals surface area contributed by atoms with Crippen LogP contribution in [0.15, 0.2) is 48.5 Å². The van der Waals surface area contributed by atoms with Crippen molar-refractivity contribution in [1.82, 2.24) is 10.6 Å². The van der Waals surface area contributed by atoms with Gasteiger partial charge in [-0.25, -0.2) is 0 Å². The molecule has 2 aromatic carbocycles. The van der Waals surface area contributed by atoms with E-state index in [1.807, 2.05) is 30.3 Å². The SMILES string of the molecule is O=C(/C=C/c1cccc2ccccc12)NC(=S)NC1CCCC1. The number of hydrogen-bond donors (Lipinski definition) is 2. The number of fused-ring (bicyclic) bond motifs is 1. The highest BCUT2D eigenvalue weighted by Crippen LogP contribution is 2.19. The molecule has 3 rings (SSSR count). The van der Waals surface area contributed by atoms with Crippen LogP contribution in [0.3, 0.4) is 0 Å². The summed E-state index contributed by atoms with van der Waals surface area (Å²) < 4.78 is 0. The summed E-state index contributed by atoms with van der Waals surface area (Å²) in [5.74, 6) is -0.201. The third-order valence-corrected chi connectivity index (χ3v) is 4.38. The molecule has 2 N–H and O–H groups in total. The van der Waals surface area contributed by atoms with Gasteiger partial charge in [0, 0.05) is 12.1 Å². The third-order valence-electron chi connectivity index (χ3n) is 4.16. The van der Waals surface area contributed by atoms with Crippen molar-refractivity contribution >= 4 is 40.1 Å². The topological polar surface area (TPSA) is 41.1 Å². The van der Waals surface area contributed by atoms with E-state index in [0.29, 0.717) is 11.2 Å². The van der Waals surface area contributed by atoms with Crippen molar-refractivity contribution in [2.75, 3.05) is 0 Å². The van der Waals surface area contributed by atoms with Crippen LogP contribution in [-0.2, 0) is 4.79 Å². The van der Waals surface area contributed by atoms with E-state index in [4.69, 9.17) is 12.2 Å².